The van der Waals surface area contributed by atoms with Crippen LogP contribution in [0.1, 0.15) is 30.6 Å². The molecule has 2 N–H and O–H groups in total. The van der Waals surface area contributed by atoms with Crippen LogP contribution in [0.5, 0.6) is 0 Å². The van der Waals surface area contributed by atoms with Gasteiger partial charge >= 0.3 is 0 Å². The van der Waals surface area contributed by atoms with Gasteiger partial charge in [0.25, 0.3) is 5.56 Å². The number of fused-ring (bicyclic) bond motifs is 1. The molecule has 1 unspecified atom stereocenters. The third-order valence-electron chi connectivity index (χ3n) is 5.09. The molecule has 0 aliphatic rings. The number of aryl methyl sites for hydroxylation is 2. The number of nitrogens with zero attached hydrogens (tertiary/aromatic N) is 3. The summed E-state index contributed by atoms with van der Waals surface area (Å²) in [4.78, 5) is 36.0. The van der Waals surface area contributed by atoms with Crippen LogP contribution in [0.4, 0.5) is 0 Å². The number of pyridine rings is 1. The summed E-state index contributed by atoms with van der Waals surface area (Å²) in [7, 11) is 2.01. The topological polar surface area (TPSA) is 92.7 Å². The molecule has 1 atom stereocenters. The molecule has 0 fully saturated rings. The predicted molar refractivity (Wildman–Crippen MR) is 116 cm³/mol. The molecule has 1 aromatic carbocycles. The number of benzene rings is 1. The number of hydrogen-bond acceptors (Lipinski definition) is 4. The number of amides is 1. The van der Waals surface area contributed by atoms with E-state index in [1.165, 1.54) is 6.07 Å². The SMILES string of the molecule is CC(NC(=O)CCc1cn(C)c2ccccc12)c1cc(=O)[nH]c(-c2ccccn2)n1. The Labute approximate surface area is 173 Å². The van der Waals surface area contributed by atoms with Gasteiger partial charge in [-0.2, -0.15) is 0 Å². The maximum absolute atomic E-state index is 12.5. The van der Waals surface area contributed by atoms with Crippen molar-refractivity contribution in [2.45, 2.75) is 25.8 Å². The van der Waals surface area contributed by atoms with Crippen molar-refractivity contribution in [3.8, 4) is 11.5 Å². The van der Waals surface area contributed by atoms with Gasteiger partial charge in [0.15, 0.2) is 5.82 Å². The van der Waals surface area contributed by atoms with Crippen LogP contribution in [0.3, 0.4) is 0 Å². The third-order valence-corrected chi connectivity index (χ3v) is 5.09. The van der Waals surface area contributed by atoms with E-state index in [2.05, 4.69) is 43.2 Å². The van der Waals surface area contributed by atoms with E-state index >= 15 is 0 Å². The van der Waals surface area contributed by atoms with Gasteiger partial charge in [-0.05, 0) is 37.1 Å². The lowest BCUT2D eigenvalue weighted by Crippen LogP contribution is -2.28. The molecular formula is C23H23N5O2. The van der Waals surface area contributed by atoms with Crippen molar-refractivity contribution in [3.63, 3.8) is 0 Å². The van der Waals surface area contributed by atoms with E-state index in [-0.39, 0.29) is 11.5 Å². The van der Waals surface area contributed by atoms with Gasteiger partial charge in [0.1, 0.15) is 5.69 Å². The third kappa shape index (κ3) is 4.15. The van der Waals surface area contributed by atoms with Crippen LogP contribution < -0.4 is 10.9 Å². The van der Waals surface area contributed by atoms with E-state index in [4.69, 9.17) is 0 Å². The highest BCUT2D eigenvalue weighted by Crippen LogP contribution is 2.21. The number of carbonyl (C=O) groups excluding carboxylic acids is 1. The number of aromatic nitrogens is 4. The molecule has 7 heteroatoms. The van der Waals surface area contributed by atoms with E-state index in [0.717, 1.165) is 16.5 Å². The van der Waals surface area contributed by atoms with E-state index in [0.29, 0.717) is 30.1 Å². The molecule has 0 spiro atoms. The summed E-state index contributed by atoms with van der Waals surface area (Å²) in [6.45, 7) is 1.82. The summed E-state index contributed by atoms with van der Waals surface area (Å²) < 4.78 is 2.07. The van der Waals surface area contributed by atoms with Gasteiger partial charge in [0.2, 0.25) is 5.91 Å². The fourth-order valence-corrected chi connectivity index (χ4v) is 3.58. The van der Waals surface area contributed by atoms with Crippen LogP contribution in [0.2, 0.25) is 0 Å². The molecule has 0 saturated carbocycles. The fourth-order valence-electron chi connectivity index (χ4n) is 3.58. The summed E-state index contributed by atoms with van der Waals surface area (Å²) >= 11 is 0. The van der Waals surface area contributed by atoms with Crippen molar-refractivity contribution in [2.75, 3.05) is 0 Å². The Hall–Kier alpha value is -3.74. The minimum atomic E-state index is -0.394. The average Bonchev–Trinajstić information content (AvgIpc) is 3.08. The number of carbonyl (C=O) groups is 1. The molecule has 4 aromatic rings. The minimum absolute atomic E-state index is 0.0862. The van der Waals surface area contributed by atoms with E-state index < -0.39 is 6.04 Å². The zero-order valence-electron chi connectivity index (χ0n) is 16.9. The number of aromatic amines is 1. The summed E-state index contributed by atoms with van der Waals surface area (Å²) in [5, 5.41) is 4.11. The van der Waals surface area contributed by atoms with Crippen LogP contribution in [-0.2, 0) is 18.3 Å². The zero-order chi connectivity index (χ0) is 21.1. The Morgan fingerprint density at radius 1 is 1.20 bits per heavy atom. The Kier molecular flexibility index (Phi) is 5.43. The summed E-state index contributed by atoms with van der Waals surface area (Å²) in [6, 6.07) is 14.6. The Balaban J connectivity index is 1.45. The van der Waals surface area contributed by atoms with Gasteiger partial charge in [-0.1, -0.05) is 24.3 Å². The molecule has 0 radical (unpaired) electrons. The molecule has 30 heavy (non-hydrogen) atoms. The average molecular weight is 401 g/mol. The number of para-hydroxylation sites is 1. The molecule has 3 heterocycles. The van der Waals surface area contributed by atoms with Gasteiger partial charge in [-0.25, -0.2) is 4.98 Å². The van der Waals surface area contributed by atoms with Crippen LogP contribution in [0.15, 0.2) is 65.7 Å². The van der Waals surface area contributed by atoms with Crippen molar-refractivity contribution in [3.05, 3.63) is 82.5 Å². The molecule has 1 amide bonds. The van der Waals surface area contributed by atoms with Crippen molar-refractivity contribution < 1.29 is 4.79 Å². The molecule has 0 saturated heterocycles. The first-order valence-corrected chi connectivity index (χ1v) is 9.86. The number of hydrogen-bond donors (Lipinski definition) is 2. The Morgan fingerprint density at radius 3 is 2.80 bits per heavy atom. The standard InChI is InChI=1S/C23H23N5O2/c1-15(19-13-22(30)27-23(26-19)18-8-5-6-12-24-18)25-21(29)11-10-16-14-28(2)20-9-4-3-7-17(16)20/h3-9,12-15H,10-11H2,1-2H3,(H,25,29)(H,26,27,30). The summed E-state index contributed by atoms with van der Waals surface area (Å²) in [5.41, 5.74) is 3.08. The van der Waals surface area contributed by atoms with Gasteiger partial charge in [0.05, 0.1) is 11.7 Å². The number of rotatable bonds is 6. The van der Waals surface area contributed by atoms with Crippen molar-refractivity contribution >= 4 is 16.8 Å². The second-order valence-corrected chi connectivity index (χ2v) is 7.31. The maximum Gasteiger partial charge on any atom is 0.251 e. The van der Waals surface area contributed by atoms with E-state index in [9.17, 15) is 9.59 Å². The number of nitrogens with one attached hydrogen (secondary N) is 2. The monoisotopic (exact) mass is 401 g/mol. The Bertz CT molecular complexity index is 1240. The molecular weight excluding hydrogens is 378 g/mol. The lowest BCUT2D eigenvalue weighted by molar-refractivity contribution is -0.121. The first kappa shape index (κ1) is 19.6. The normalized spacial score (nSPS) is 12.1. The molecule has 152 valence electrons. The predicted octanol–water partition coefficient (Wildman–Crippen LogP) is 3.13. The number of H-pyrrole nitrogens is 1. The fraction of sp³-hybridized carbons (Fsp3) is 0.217. The smallest absolute Gasteiger partial charge is 0.251 e. The van der Waals surface area contributed by atoms with Crippen molar-refractivity contribution in [1.82, 2.24) is 24.8 Å². The highest BCUT2D eigenvalue weighted by molar-refractivity contribution is 5.85. The van der Waals surface area contributed by atoms with Crippen LogP contribution in [0, 0.1) is 0 Å². The molecule has 3 aromatic heterocycles. The van der Waals surface area contributed by atoms with Gasteiger partial charge < -0.3 is 14.9 Å². The zero-order valence-corrected chi connectivity index (χ0v) is 16.9. The molecule has 0 aliphatic carbocycles. The van der Waals surface area contributed by atoms with Gasteiger partial charge in [-0.15, -0.1) is 0 Å². The largest absolute Gasteiger partial charge is 0.350 e. The lowest BCUT2D eigenvalue weighted by atomic mass is 10.1. The van der Waals surface area contributed by atoms with Crippen molar-refractivity contribution in [2.24, 2.45) is 7.05 Å². The highest BCUT2D eigenvalue weighted by Gasteiger charge is 2.15. The first-order chi connectivity index (χ1) is 14.5. The van der Waals surface area contributed by atoms with Crippen LogP contribution in [0.25, 0.3) is 22.4 Å². The van der Waals surface area contributed by atoms with Crippen LogP contribution in [-0.4, -0.2) is 25.4 Å². The van der Waals surface area contributed by atoms with Crippen molar-refractivity contribution in [1.29, 1.82) is 0 Å². The second-order valence-electron chi connectivity index (χ2n) is 7.31. The summed E-state index contributed by atoms with van der Waals surface area (Å²) in [6.07, 6.45) is 4.70. The maximum atomic E-state index is 12.5. The van der Waals surface area contributed by atoms with Crippen LogP contribution >= 0.6 is 0 Å². The molecule has 0 bridgehead atoms. The van der Waals surface area contributed by atoms with Gasteiger partial charge in [-0.3, -0.25) is 14.6 Å². The summed E-state index contributed by atoms with van der Waals surface area (Å²) in [5.74, 6) is 0.298. The molecule has 7 nitrogen and oxygen atoms in total. The van der Waals surface area contributed by atoms with Gasteiger partial charge in [0, 0.05) is 42.8 Å². The van der Waals surface area contributed by atoms with E-state index in [1.807, 2.05) is 32.2 Å². The minimum Gasteiger partial charge on any atom is -0.350 e. The quantitative estimate of drug-likeness (QED) is 0.519. The second kappa shape index (κ2) is 8.32. The van der Waals surface area contributed by atoms with E-state index in [1.54, 1.807) is 18.3 Å². The Morgan fingerprint density at radius 2 is 2.00 bits per heavy atom. The first-order valence-electron chi connectivity index (χ1n) is 9.86. The molecule has 4 rings (SSSR count). The molecule has 0 aliphatic heterocycles. The lowest BCUT2D eigenvalue weighted by Gasteiger charge is -2.14. The highest BCUT2D eigenvalue weighted by atomic mass is 16.1.